The summed E-state index contributed by atoms with van der Waals surface area (Å²) in [5, 5.41) is 20.0. The Labute approximate surface area is 109 Å². The maximum atomic E-state index is 11.0. The van der Waals surface area contributed by atoms with E-state index >= 15 is 0 Å². The Hall–Kier alpha value is -2.15. The first-order valence-corrected chi connectivity index (χ1v) is 5.83. The summed E-state index contributed by atoms with van der Waals surface area (Å²) >= 11 is 0. The van der Waals surface area contributed by atoms with Crippen molar-refractivity contribution in [3.63, 3.8) is 0 Å². The zero-order valence-corrected chi connectivity index (χ0v) is 10.4. The molecule has 102 valence electrons. The third-order valence-electron chi connectivity index (χ3n) is 3.25. The number of benzene rings is 1. The van der Waals surface area contributed by atoms with Gasteiger partial charge in [0, 0.05) is 19.7 Å². The molecule has 7 nitrogen and oxygen atoms in total. The van der Waals surface area contributed by atoms with Crippen LogP contribution in [0.5, 0.6) is 0 Å². The van der Waals surface area contributed by atoms with Crippen LogP contribution in [0.4, 0.5) is 11.4 Å². The quantitative estimate of drug-likeness (QED) is 0.656. The fourth-order valence-corrected chi connectivity index (χ4v) is 2.12. The smallest absolute Gasteiger partial charge is 0.335 e. The van der Waals surface area contributed by atoms with Crippen LogP contribution in [0.3, 0.4) is 0 Å². The molecule has 1 aromatic carbocycles. The normalized spacial score (nSPS) is 18.3. The van der Waals surface area contributed by atoms with Crippen LogP contribution in [0.25, 0.3) is 0 Å². The molecular formula is C12H14N2O5. The maximum Gasteiger partial charge on any atom is 0.335 e. The summed E-state index contributed by atoms with van der Waals surface area (Å²) in [5.74, 6) is -1.10. The number of nitro groups is 1. The second kappa shape index (κ2) is 5.23. The molecule has 0 radical (unpaired) electrons. The Morgan fingerprint density at radius 1 is 1.58 bits per heavy atom. The molecule has 1 unspecified atom stereocenters. The van der Waals surface area contributed by atoms with Gasteiger partial charge in [-0.1, -0.05) is 0 Å². The summed E-state index contributed by atoms with van der Waals surface area (Å²) in [4.78, 5) is 23.2. The van der Waals surface area contributed by atoms with Gasteiger partial charge in [0.1, 0.15) is 5.69 Å². The van der Waals surface area contributed by atoms with Gasteiger partial charge in [0.2, 0.25) is 0 Å². The SMILES string of the molecule is CN(c1cc(C(=O)O)ccc1[N+](=O)[O-])C1CCOC1. The molecule has 1 aliphatic heterocycles. The lowest BCUT2D eigenvalue weighted by atomic mass is 10.1. The first-order valence-electron chi connectivity index (χ1n) is 5.83. The molecule has 1 aliphatic rings. The van der Waals surface area contributed by atoms with Gasteiger partial charge >= 0.3 is 5.97 Å². The summed E-state index contributed by atoms with van der Waals surface area (Å²) in [5.41, 5.74) is 0.242. The second-order valence-corrected chi connectivity index (χ2v) is 4.39. The topological polar surface area (TPSA) is 92.9 Å². The Kier molecular flexibility index (Phi) is 3.66. The number of ether oxygens (including phenoxy) is 1. The molecule has 1 fully saturated rings. The summed E-state index contributed by atoms with van der Waals surface area (Å²) < 4.78 is 5.25. The van der Waals surface area contributed by atoms with Crippen LogP contribution in [-0.2, 0) is 4.74 Å². The van der Waals surface area contributed by atoms with E-state index in [0.717, 1.165) is 6.42 Å². The highest BCUT2D eigenvalue weighted by molar-refractivity contribution is 5.90. The lowest BCUT2D eigenvalue weighted by molar-refractivity contribution is -0.384. The van der Waals surface area contributed by atoms with Crippen molar-refractivity contribution in [2.24, 2.45) is 0 Å². The molecular weight excluding hydrogens is 252 g/mol. The van der Waals surface area contributed by atoms with Crippen LogP contribution in [0.15, 0.2) is 18.2 Å². The van der Waals surface area contributed by atoms with E-state index in [1.807, 2.05) is 0 Å². The van der Waals surface area contributed by atoms with Crippen LogP contribution in [0.1, 0.15) is 16.8 Å². The first kappa shape index (κ1) is 13.3. The van der Waals surface area contributed by atoms with Gasteiger partial charge in [0.15, 0.2) is 0 Å². The number of aromatic carboxylic acids is 1. The predicted octanol–water partition coefficient (Wildman–Crippen LogP) is 1.52. The number of hydrogen-bond acceptors (Lipinski definition) is 5. The summed E-state index contributed by atoms with van der Waals surface area (Å²) in [7, 11) is 1.72. The number of likely N-dealkylation sites (N-methyl/N-ethyl adjacent to an activating group) is 1. The van der Waals surface area contributed by atoms with Crippen molar-refractivity contribution >= 4 is 17.3 Å². The number of rotatable bonds is 4. The summed E-state index contributed by atoms with van der Waals surface area (Å²) in [6, 6.07) is 3.83. The van der Waals surface area contributed by atoms with E-state index in [1.165, 1.54) is 18.2 Å². The molecule has 0 bridgehead atoms. The molecule has 1 atom stereocenters. The maximum absolute atomic E-state index is 11.0. The van der Waals surface area contributed by atoms with Crippen LogP contribution in [0, 0.1) is 10.1 Å². The highest BCUT2D eigenvalue weighted by Gasteiger charge is 2.26. The average Bonchev–Trinajstić information content (AvgIpc) is 2.90. The Bertz CT molecular complexity index is 511. The second-order valence-electron chi connectivity index (χ2n) is 4.39. The van der Waals surface area contributed by atoms with E-state index in [1.54, 1.807) is 11.9 Å². The number of carboxylic acid groups (broad SMARTS) is 1. The van der Waals surface area contributed by atoms with Crippen molar-refractivity contribution in [2.75, 3.05) is 25.2 Å². The minimum absolute atomic E-state index is 0.0303. The Morgan fingerprint density at radius 3 is 2.84 bits per heavy atom. The van der Waals surface area contributed by atoms with Crippen molar-refractivity contribution in [2.45, 2.75) is 12.5 Å². The predicted molar refractivity (Wildman–Crippen MR) is 67.7 cm³/mol. The molecule has 1 saturated heterocycles. The molecule has 19 heavy (non-hydrogen) atoms. The number of nitrogens with zero attached hydrogens (tertiary/aromatic N) is 2. The first-order chi connectivity index (χ1) is 9.00. The van der Waals surface area contributed by atoms with E-state index in [4.69, 9.17) is 9.84 Å². The molecule has 0 saturated carbocycles. The molecule has 0 spiro atoms. The highest BCUT2D eigenvalue weighted by atomic mass is 16.6. The van der Waals surface area contributed by atoms with Crippen LogP contribution in [0.2, 0.25) is 0 Å². The molecule has 0 aromatic heterocycles. The zero-order chi connectivity index (χ0) is 14.0. The van der Waals surface area contributed by atoms with E-state index in [0.29, 0.717) is 18.9 Å². The lowest BCUT2D eigenvalue weighted by Crippen LogP contribution is -2.32. The Morgan fingerprint density at radius 2 is 2.32 bits per heavy atom. The van der Waals surface area contributed by atoms with Crippen LogP contribution < -0.4 is 4.90 Å². The van der Waals surface area contributed by atoms with Gasteiger partial charge in [-0.3, -0.25) is 10.1 Å². The molecule has 1 N–H and O–H groups in total. The van der Waals surface area contributed by atoms with E-state index in [2.05, 4.69) is 0 Å². The van der Waals surface area contributed by atoms with Gasteiger partial charge in [0.05, 0.1) is 23.1 Å². The van der Waals surface area contributed by atoms with E-state index in [-0.39, 0.29) is 17.3 Å². The van der Waals surface area contributed by atoms with Crippen molar-refractivity contribution < 1.29 is 19.6 Å². The van der Waals surface area contributed by atoms with Gasteiger partial charge in [0.25, 0.3) is 5.69 Å². The zero-order valence-electron chi connectivity index (χ0n) is 10.4. The minimum atomic E-state index is -1.10. The van der Waals surface area contributed by atoms with Crippen LogP contribution >= 0.6 is 0 Å². The molecule has 7 heteroatoms. The van der Waals surface area contributed by atoms with Crippen molar-refractivity contribution in [1.82, 2.24) is 0 Å². The third-order valence-corrected chi connectivity index (χ3v) is 3.25. The highest BCUT2D eigenvalue weighted by Crippen LogP contribution is 2.31. The molecule has 1 heterocycles. The number of anilines is 1. The van der Waals surface area contributed by atoms with Crippen molar-refractivity contribution in [3.8, 4) is 0 Å². The minimum Gasteiger partial charge on any atom is -0.478 e. The summed E-state index contributed by atoms with van der Waals surface area (Å²) in [6.45, 7) is 1.10. The third kappa shape index (κ3) is 2.65. The van der Waals surface area contributed by atoms with Gasteiger partial charge in [-0.05, 0) is 18.6 Å². The van der Waals surface area contributed by atoms with Crippen LogP contribution in [-0.4, -0.2) is 42.3 Å². The van der Waals surface area contributed by atoms with Gasteiger partial charge in [-0.25, -0.2) is 4.79 Å². The Balaban J connectivity index is 2.41. The number of nitro benzene ring substituents is 1. The van der Waals surface area contributed by atoms with Gasteiger partial charge < -0.3 is 14.7 Å². The fourth-order valence-electron chi connectivity index (χ4n) is 2.12. The molecule has 0 aliphatic carbocycles. The molecule has 1 aromatic rings. The largest absolute Gasteiger partial charge is 0.478 e. The average molecular weight is 266 g/mol. The van der Waals surface area contributed by atoms with E-state index < -0.39 is 10.9 Å². The monoisotopic (exact) mass is 266 g/mol. The molecule has 2 rings (SSSR count). The van der Waals surface area contributed by atoms with Crippen molar-refractivity contribution in [3.05, 3.63) is 33.9 Å². The van der Waals surface area contributed by atoms with Gasteiger partial charge in [-0.15, -0.1) is 0 Å². The standard InChI is InChI=1S/C12H14N2O5/c1-13(9-4-5-19-7-9)11-6-8(12(15)16)2-3-10(11)14(17)18/h2-3,6,9H,4-5,7H2,1H3,(H,15,16). The fraction of sp³-hybridized carbons (Fsp3) is 0.417. The number of carbonyl (C=O) groups is 1. The lowest BCUT2D eigenvalue weighted by Gasteiger charge is -2.25. The number of hydrogen-bond donors (Lipinski definition) is 1. The molecule has 0 amide bonds. The summed E-state index contributed by atoms with van der Waals surface area (Å²) in [6.07, 6.45) is 0.769. The van der Waals surface area contributed by atoms with Crippen molar-refractivity contribution in [1.29, 1.82) is 0 Å². The van der Waals surface area contributed by atoms with E-state index in [9.17, 15) is 14.9 Å². The van der Waals surface area contributed by atoms with Gasteiger partial charge in [-0.2, -0.15) is 0 Å². The number of carboxylic acids is 1.